The molecular formula is C19H18ClFN2O5. The SMILES string of the molecule is CCNC(=O)c1cccc(NC(=O)COC(=O)COc2ccc(F)cc2Cl)c1. The van der Waals surface area contributed by atoms with E-state index < -0.39 is 30.9 Å². The van der Waals surface area contributed by atoms with Gasteiger partial charge < -0.3 is 20.1 Å². The highest BCUT2D eigenvalue weighted by molar-refractivity contribution is 6.32. The molecule has 2 aromatic carbocycles. The van der Waals surface area contributed by atoms with Crippen molar-refractivity contribution in [2.24, 2.45) is 0 Å². The number of carbonyl (C=O) groups is 3. The summed E-state index contributed by atoms with van der Waals surface area (Å²) in [6.07, 6.45) is 0. The first-order valence-electron chi connectivity index (χ1n) is 8.30. The summed E-state index contributed by atoms with van der Waals surface area (Å²) in [5, 5.41) is 5.19. The Hall–Kier alpha value is -3.13. The summed E-state index contributed by atoms with van der Waals surface area (Å²) >= 11 is 5.78. The highest BCUT2D eigenvalue weighted by Gasteiger charge is 2.11. The van der Waals surface area contributed by atoms with Crippen LogP contribution >= 0.6 is 11.6 Å². The van der Waals surface area contributed by atoms with E-state index in [-0.39, 0.29) is 16.7 Å². The van der Waals surface area contributed by atoms with Crippen LogP contribution in [0.3, 0.4) is 0 Å². The first-order valence-corrected chi connectivity index (χ1v) is 8.68. The summed E-state index contributed by atoms with van der Waals surface area (Å²) in [4.78, 5) is 35.4. The van der Waals surface area contributed by atoms with Gasteiger partial charge in [0.15, 0.2) is 13.2 Å². The first-order chi connectivity index (χ1) is 13.4. The summed E-state index contributed by atoms with van der Waals surface area (Å²) in [6, 6.07) is 9.79. The quantitative estimate of drug-likeness (QED) is 0.655. The monoisotopic (exact) mass is 408 g/mol. The van der Waals surface area contributed by atoms with E-state index in [1.807, 2.05) is 0 Å². The number of anilines is 1. The highest BCUT2D eigenvalue weighted by Crippen LogP contribution is 2.24. The molecular weight excluding hydrogens is 391 g/mol. The molecule has 2 aromatic rings. The summed E-state index contributed by atoms with van der Waals surface area (Å²) in [6.45, 7) is 1.25. The topological polar surface area (TPSA) is 93.7 Å². The van der Waals surface area contributed by atoms with Gasteiger partial charge in [-0.05, 0) is 43.3 Å². The predicted molar refractivity (Wildman–Crippen MR) is 101 cm³/mol. The number of esters is 1. The Morgan fingerprint density at radius 3 is 2.61 bits per heavy atom. The molecule has 7 nitrogen and oxygen atoms in total. The van der Waals surface area contributed by atoms with Gasteiger partial charge in [0.1, 0.15) is 11.6 Å². The van der Waals surface area contributed by atoms with Gasteiger partial charge >= 0.3 is 5.97 Å². The number of carbonyl (C=O) groups excluding carboxylic acids is 3. The molecule has 0 radical (unpaired) electrons. The fourth-order valence-corrected chi connectivity index (χ4v) is 2.34. The molecule has 0 spiro atoms. The zero-order chi connectivity index (χ0) is 20.5. The number of halogens is 2. The highest BCUT2D eigenvalue weighted by atomic mass is 35.5. The summed E-state index contributed by atoms with van der Waals surface area (Å²) in [7, 11) is 0. The van der Waals surface area contributed by atoms with Crippen LogP contribution in [0.2, 0.25) is 5.02 Å². The van der Waals surface area contributed by atoms with Crippen molar-refractivity contribution in [1.29, 1.82) is 0 Å². The normalized spacial score (nSPS) is 10.1. The lowest BCUT2D eigenvalue weighted by Gasteiger charge is -2.09. The Labute approximate surface area is 165 Å². The molecule has 0 bridgehead atoms. The van der Waals surface area contributed by atoms with Crippen LogP contribution in [0.5, 0.6) is 5.75 Å². The molecule has 0 aromatic heterocycles. The Bertz CT molecular complexity index is 875. The molecule has 28 heavy (non-hydrogen) atoms. The van der Waals surface area contributed by atoms with Crippen LogP contribution in [0.15, 0.2) is 42.5 Å². The van der Waals surface area contributed by atoms with Crippen molar-refractivity contribution in [2.45, 2.75) is 6.92 Å². The van der Waals surface area contributed by atoms with Gasteiger partial charge in [-0.25, -0.2) is 9.18 Å². The third kappa shape index (κ3) is 6.55. The van der Waals surface area contributed by atoms with Crippen molar-refractivity contribution in [3.8, 4) is 5.75 Å². The third-order valence-corrected chi connectivity index (χ3v) is 3.64. The predicted octanol–water partition coefficient (Wildman–Crippen LogP) is 2.79. The molecule has 2 N–H and O–H groups in total. The van der Waals surface area contributed by atoms with Crippen molar-refractivity contribution in [3.05, 3.63) is 58.9 Å². The van der Waals surface area contributed by atoms with Gasteiger partial charge in [-0.3, -0.25) is 9.59 Å². The Morgan fingerprint density at radius 1 is 1.11 bits per heavy atom. The van der Waals surface area contributed by atoms with Crippen LogP contribution in [0.1, 0.15) is 17.3 Å². The van der Waals surface area contributed by atoms with Gasteiger partial charge in [0, 0.05) is 17.8 Å². The number of benzene rings is 2. The van der Waals surface area contributed by atoms with Crippen molar-refractivity contribution < 1.29 is 28.2 Å². The van der Waals surface area contributed by atoms with Gasteiger partial charge in [0.2, 0.25) is 0 Å². The summed E-state index contributed by atoms with van der Waals surface area (Å²) in [5.41, 5.74) is 0.778. The molecule has 0 saturated heterocycles. The lowest BCUT2D eigenvalue weighted by Crippen LogP contribution is -2.24. The van der Waals surface area contributed by atoms with Crippen LogP contribution in [-0.4, -0.2) is 37.5 Å². The summed E-state index contributed by atoms with van der Waals surface area (Å²) in [5.74, 6) is -2.06. The van der Waals surface area contributed by atoms with E-state index in [0.717, 1.165) is 12.1 Å². The average Bonchev–Trinajstić information content (AvgIpc) is 2.66. The Balaban J connectivity index is 1.79. The standard InChI is InChI=1S/C19H18ClFN2O5/c1-2-22-19(26)12-4-3-5-14(8-12)23-17(24)10-28-18(25)11-27-16-7-6-13(21)9-15(16)20/h3-9H,2,10-11H2,1H3,(H,22,26)(H,23,24). The maximum Gasteiger partial charge on any atom is 0.344 e. The molecule has 0 fully saturated rings. The maximum atomic E-state index is 12.9. The van der Waals surface area contributed by atoms with Crippen molar-refractivity contribution in [2.75, 3.05) is 25.1 Å². The molecule has 0 aliphatic rings. The molecule has 0 aliphatic carbocycles. The maximum absolute atomic E-state index is 12.9. The van der Waals surface area contributed by atoms with E-state index in [1.165, 1.54) is 12.1 Å². The molecule has 0 saturated carbocycles. The zero-order valence-electron chi connectivity index (χ0n) is 15.0. The van der Waals surface area contributed by atoms with E-state index in [2.05, 4.69) is 10.6 Å². The van der Waals surface area contributed by atoms with Gasteiger partial charge in [0.05, 0.1) is 5.02 Å². The summed E-state index contributed by atoms with van der Waals surface area (Å²) < 4.78 is 22.9. The minimum Gasteiger partial charge on any atom is -0.480 e. The lowest BCUT2D eigenvalue weighted by atomic mass is 10.2. The minimum atomic E-state index is -0.799. The van der Waals surface area contributed by atoms with E-state index in [0.29, 0.717) is 17.8 Å². The van der Waals surface area contributed by atoms with Crippen molar-refractivity contribution >= 4 is 35.1 Å². The number of amides is 2. The van der Waals surface area contributed by atoms with Crippen LogP contribution in [-0.2, 0) is 14.3 Å². The van der Waals surface area contributed by atoms with E-state index in [4.69, 9.17) is 21.1 Å². The second-order valence-electron chi connectivity index (χ2n) is 5.51. The van der Waals surface area contributed by atoms with E-state index in [9.17, 15) is 18.8 Å². The smallest absolute Gasteiger partial charge is 0.344 e. The number of hydrogen-bond donors (Lipinski definition) is 2. The first kappa shape index (κ1) is 21.2. The van der Waals surface area contributed by atoms with Crippen molar-refractivity contribution in [3.63, 3.8) is 0 Å². The van der Waals surface area contributed by atoms with Gasteiger partial charge in [-0.1, -0.05) is 17.7 Å². The van der Waals surface area contributed by atoms with Gasteiger partial charge in [-0.15, -0.1) is 0 Å². The van der Waals surface area contributed by atoms with Crippen LogP contribution in [0.4, 0.5) is 10.1 Å². The molecule has 0 aliphatic heterocycles. The molecule has 0 atom stereocenters. The second kappa shape index (κ2) is 10.3. The molecule has 9 heteroatoms. The number of nitrogens with one attached hydrogen (secondary N) is 2. The van der Waals surface area contributed by atoms with E-state index in [1.54, 1.807) is 25.1 Å². The van der Waals surface area contributed by atoms with Crippen LogP contribution in [0, 0.1) is 5.82 Å². The minimum absolute atomic E-state index is 0.0116. The Kier molecular flexibility index (Phi) is 7.76. The molecule has 2 rings (SSSR count). The Morgan fingerprint density at radius 2 is 1.89 bits per heavy atom. The largest absolute Gasteiger partial charge is 0.480 e. The average molecular weight is 409 g/mol. The molecule has 0 heterocycles. The lowest BCUT2D eigenvalue weighted by molar-refractivity contribution is -0.149. The fourth-order valence-electron chi connectivity index (χ4n) is 2.11. The fraction of sp³-hybridized carbons (Fsp3) is 0.211. The van der Waals surface area contributed by atoms with Crippen LogP contribution < -0.4 is 15.4 Å². The van der Waals surface area contributed by atoms with Crippen molar-refractivity contribution in [1.82, 2.24) is 5.32 Å². The third-order valence-electron chi connectivity index (χ3n) is 3.35. The van der Waals surface area contributed by atoms with Crippen LogP contribution in [0.25, 0.3) is 0 Å². The second-order valence-corrected chi connectivity index (χ2v) is 5.92. The molecule has 0 unspecified atom stereocenters. The number of rotatable bonds is 8. The zero-order valence-corrected chi connectivity index (χ0v) is 15.7. The molecule has 2 amide bonds. The molecule has 148 valence electrons. The van der Waals surface area contributed by atoms with Gasteiger partial charge in [-0.2, -0.15) is 0 Å². The number of ether oxygens (including phenoxy) is 2. The van der Waals surface area contributed by atoms with Gasteiger partial charge in [0.25, 0.3) is 11.8 Å². The number of hydrogen-bond acceptors (Lipinski definition) is 5. The van der Waals surface area contributed by atoms with E-state index >= 15 is 0 Å².